The van der Waals surface area contributed by atoms with E-state index in [0.717, 1.165) is 0 Å². The minimum Gasteiger partial charge on any atom is -0.486 e. The van der Waals surface area contributed by atoms with Crippen molar-refractivity contribution >= 4 is 0 Å². The first-order valence-electron chi connectivity index (χ1n) is 4.70. The Bertz CT molecular complexity index is 423. The van der Waals surface area contributed by atoms with Gasteiger partial charge in [-0.2, -0.15) is 5.26 Å². The monoisotopic (exact) mass is 207 g/mol. The van der Waals surface area contributed by atoms with Crippen LogP contribution in [0.2, 0.25) is 0 Å². The molecule has 0 N–H and O–H groups in total. The molecule has 4 heteroatoms. The fourth-order valence-corrected chi connectivity index (χ4v) is 1.49. The van der Waals surface area contributed by atoms with Crippen molar-refractivity contribution in [1.82, 2.24) is 0 Å². The summed E-state index contributed by atoms with van der Waals surface area (Å²) in [6.45, 7) is 2.28. The van der Waals surface area contributed by atoms with E-state index >= 15 is 0 Å². The second kappa shape index (κ2) is 3.77. The van der Waals surface area contributed by atoms with Crippen LogP contribution in [-0.2, 0) is 0 Å². The molecule has 1 aromatic carbocycles. The van der Waals surface area contributed by atoms with Gasteiger partial charge in [-0.25, -0.2) is 4.39 Å². The molecule has 0 amide bonds. The predicted octanol–water partition coefficient (Wildman–Crippen LogP) is 2.36. The zero-order valence-corrected chi connectivity index (χ0v) is 8.29. The average Bonchev–Trinajstić information content (AvgIpc) is 2.27. The number of benzene rings is 1. The van der Waals surface area contributed by atoms with Gasteiger partial charge in [0.1, 0.15) is 25.5 Å². The number of ether oxygens (including phenoxy) is 2. The lowest BCUT2D eigenvalue weighted by Crippen LogP contribution is -2.16. The summed E-state index contributed by atoms with van der Waals surface area (Å²) in [5.74, 6) is 0.882. The second-order valence-electron chi connectivity index (χ2n) is 3.32. The summed E-state index contributed by atoms with van der Waals surface area (Å²) in [7, 11) is 0. The molecule has 1 aliphatic rings. The topological polar surface area (TPSA) is 42.2 Å². The minimum absolute atomic E-state index is 0.326. The van der Waals surface area contributed by atoms with Crippen molar-refractivity contribution < 1.29 is 13.9 Å². The first-order valence-corrected chi connectivity index (χ1v) is 4.70. The van der Waals surface area contributed by atoms with Gasteiger partial charge >= 0.3 is 0 Å². The summed E-state index contributed by atoms with van der Waals surface area (Å²) in [5, 5.41) is 8.89. The summed E-state index contributed by atoms with van der Waals surface area (Å²) in [6, 6.07) is 5.06. The van der Waals surface area contributed by atoms with E-state index in [2.05, 4.69) is 0 Å². The maximum Gasteiger partial charge on any atom is 0.179 e. The number of nitriles is 1. The number of nitrogens with zero attached hydrogens (tertiary/aromatic N) is 1. The molecule has 78 valence electrons. The Hall–Kier alpha value is -1.76. The fourth-order valence-electron chi connectivity index (χ4n) is 1.49. The van der Waals surface area contributed by atoms with Crippen LogP contribution in [0.3, 0.4) is 0 Å². The highest BCUT2D eigenvalue weighted by molar-refractivity contribution is 5.55. The Morgan fingerprint density at radius 2 is 2.13 bits per heavy atom. The molecule has 0 saturated heterocycles. The van der Waals surface area contributed by atoms with Crippen LogP contribution in [0.4, 0.5) is 4.39 Å². The van der Waals surface area contributed by atoms with Gasteiger partial charge in [0.2, 0.25) is 0 Å². The smallest absolute Gasteiger partial charge is 0.179 e. The zero-order valence-electron chi connectivity index (χ0n) is 8.29. The first kappa shape index (κ1) is 9.78. The van der Waals surface area contributed by atoms with E-state index in [1.165, 1.54) is 13.0 Å². The molecule has 0 spiro atoms. The molecule has 1 aromatic rings. The molecule has 1 atom stereocenters. The molecule has 1 heterocycles. The van der Waals surface area contributed by atoms with Gasteiger partial charge in [0, 0.05) is 0 Å². The summed E-state index contributed by atoms with van der Waals surface area (Å²) < 4.78 is 23.7. The third-order valence-electron chi connectivity index (χ3n) is 2.24. The molecule has 1 aliphatic heterocycles. The maximum atomic E-state index is 13.1. The molecule has 0 aliphatic carbocycles. The number of fused-ring (bicyclic) bond motifs is 1. The van der Waals surface area contributed by atoms with Gasteiger partial charge in [0.05, 0.1) is 5.56 Å². The van der Waals surface area contributed by atoms with Gasteiger partial charge in [-0.3, -0.25) is 0 Å². The lowest BCUT2D eigenvalue weighted by molar-refractivity contribution is 0.170. The highest BCUT2D eigenvalue weighted by Gasteiger charge is 2.19. The molecule has 0 bridgehead atoms. The third-order valence-corrected chi connectivity index (χ3v) is 2.24. The number of halogens is 1. The van der Waals surface area contributed by atoms with Crippen LogP contribution in [0.5, 0.6) is 11.5 Å². The Morgan fingerprint density at radius 3 is 2.80 bits per heavy atom. The lowest BCUT2D eigenvalue weighted by Gasteiger charge is -2.20. The van der Waals surface area contributed by atoms with E-state index in [0.29, 0.717) is 35.8 Å². The van der Waals surface area contributed by atoms with Crippen LogP contribution in [0, 0.1) is 11.3 Å². The van der Waals surface area contributed by atoms with Crippen LogP contribution in [0.15, 0.2) is 12.1 Å². The van der Waals surface area contributed by atoms with Crippen LogP contribution >= 0.6 is 0 Å². The van der Waals surface area contributed by atoms with E-state index in [-0.39, 0.29) is 0 Å². The van der Waals surface area contributed by atoms with Crippen molar-refractivity contribution in [2.75, 3.05) is 13.2 Å². The standard InChI is InChI=1S/C11H10FNO2/c1-7(12)8-4-9(6-13)11-10(5-8)14-2-3-15-11/h4-5,7H,2-3H2,1H3. The highest BCUT2D eigenvalue weighted by atomic mass is 19.1. The molecule has 3 nitrogen and oxygen atoms in total. The normalized spacial score (nSPS) is 15.5. The Morgan fingerprint density at radius 1 is 1.40 bits per heavy atom. The average molecular weight is 207 g/mol. The van der Waals surface area contributed by atoms with Crippen LogP contribution in [0.25, 0.3) is 0 Å². The Labute approximate surface area is 87.0 Å². The van der Waals surface area contributed by atoms with Crippen molar-refractivity contribution in [2.45, 2.75) is 13.1 Å². The Kier molecular flexibility index (Phi) is 2.46. The quantitative estimate of drug-likeness (QED) is 0.709. The number of hydrogen-bond acceptors (Lipinski definition) is 3. The summed E-state index contributed by atoms with van der Waals surface area (Å²) in [6.07, 6.45) is -1.12. The summed E-state index contributed by atoms with van der Waals surface area (Å²) in [5.41, 5.74) is 0.766. The largest absolute Gasteiger partial charge is 0.486 e. The molecule has 0 radical (unpaired) electrons. The summed E-state index contributed by atoms with van der Waals surface area (Å²) in [4.78, 5) is 0. The molecule has 0 saturated carbocycles. The van der Waals surface area contributed by atoms with E-state index in [9.17, 15) is 4.39 Å². The van der Waals surface area contributed by atoms with E-state index < -0.39 is 6.17 Å². The van der Waals surface area contributed by atoms with Crippen LogP contribution in [0.1, 0.15) is 24.2 Å². The van der Waals surface area contributed by atoms with Crippen molar-refractivity contribution in [3.63, 3.8) is 0 Å². The van der Waals surface area contributed by atoms with Gasteiger partial charge in [0.25, 0.3) is 0 Å². The number of rotatable bonds is 1. The number of hydrogen-bond donors (Lipinski definition) is 0. The highest BCUT2D eigenvalue weighted by Crippen LogP contribution is 2.36. The van der Waals surface area contributed by atoms with Crippen molar-refractivity contribution in [3.8, 4) is 17.6 Å². The third kappa shape index (κ3) is 1.73. The molecular formula is C11H10FNO2. The van der Waals surface area contributed by atoms with Gasteiger partial charge < -0.3 is 9.47 Å². The lowest BCUT2D eigenvalue weighted by atomic mass is 10.1. The van der Waals surface area contributed by atoms with E-state index in [4.69, 9.17) is 14.7 Å². The van der Waals surface area contributed by atoms with Gasteiger partial charge in [-0.1, -0.05) is 0 Å². The molecule has 15 heavy (non-hydrogen) atoms. The van der Waals surface area contributed by atoms with Gasteiger partial charge in [-0.05, 0) is 24.6 Å². The predicted molar refractivity (Wildman–Crippen MR) is 51.7 cm³/mol. The van der Waals surface area contributed by atoms with Gasteiger partial charge in [-0.15, -0.1) is 0 Å². The molecular weight excluding hydrogens is 197 g/mol. The Balaban J connectivity index is 2.54. The van der Waals surface area contributed by atoms with Crippen molar-refractivity contribution in [3.05, 3.63) is 23.3 Å². The number of alkyl halides is 1. The molecule has 1 unspecified atom stereocenters. The molecule has 2 rings (SSSR count). The fraction of sp³-hybridized carbons (Fsp3) is 0.364. The van der Waals surface area contributed by atoms with E-state index in [1.807, 2.05) is 6.07 Å². The summed E-state index contributed by atoms with van der Waals surface area (Å²) >= 11 is 0. The van der Waals surface area contributed by atoms with Crippen LogP contribution in [-0.4, -0.2) is 13.2 Å². The zero-order chi connectivity index (χ0) is 10.8. The minimum atomic E-state index is -1.12. The van der Waals surface area contributed by atoms with Crippen LogP contribution < -0.4 is 9.47 Å². The van der Waals surface area contributed by atoms with Crippen molar-refractivity contribution in [1.29, 1.82) is 5.26 Å². The maximum absolute atomic E-state index is 13.1. The first-order chi connectivity index (χ1) is 7.22. The van der Waals surface area contributed by atoms with Gasteiger partial charge in [0.15, 0.2) is 11.5 Å². The van der Waals surface area contributed by atoms with E-state index in [1.54, 1.807) is 6.07 Å². The molecule has 0 aromatic heterocycles. The second-order valence-corrected chi connectivity index (χ2v) is 3.32. The SMILES string of the molecule is CC(F)c1cc(C#N)c2c(c1)OCCO2. The van der Waals surface area contributed by atoms with Crippen molar-refractivity contribution in [2.24, 2.45) is 0 Å². The molecule has 0 fully saturated rings.